The van der Waals surface area contributed by atoms with Gasteiger partial charge < -0.3 is 5.11 Å². The minimum atomic E-state index is 0.173. The van der Waals surface area contributed by atoms with E-state index in [0.717, 1.165) is 48.3 Å². The molecule has 8 unspecified atom stereocenters. The van der Waals surface area contributed by atoms with Gasteiger partial charge in [0.2, 0.25) is 0 Å². The zero-order valence-corrected chi connectivity index (χ0v) is 19.4. The Bertz CT molecular complexity index is 591. The average molecular weight is 388 g/mol. The molecule has 4 aliphatic carbocycles. The lowest BCUT2D eigenvalue weighted by molar-refractivity contribution is -0.0573. The third-order valence-corrected chi connectivity index (χ3v) is 10.3. The molecule has 1 nitrogen and oxygen atoms in total. The number of rotatable bonds is 5. The Morgan fingerprint density at radius 3 is 2.54 bits per heavy atom. The van der Waals surface area contributed by atoms with Gasteiger partial charge >= 0.3 is 0 Å². The lowest BCUT2D eigenvalue weighted by Crippen LogP contribution is -2.50. The van der Waals surface area contributed by atoms with Gasteiger partial charge in [0, 0.05) is 12.8 Å². The summed E-state index contributed by atoms with van der Waals surface area (Å²) in [4.78, 5) is 0. The molecular formula is C27H47O+. The van der Waals surface area contributed by atoms with Crippen molar-refractivity contribution in [1.29, 1.82) is 0 Å². The molecule has 28 heavy (non-hydrogen) atoms. The van der Waals surface area contributed by atoms with Gasteiger partial charge in [-0.05, 0) is 84.9 Å². The molecule has 8 atom stereocenters. The minimum Gasteiger partial charge on any atom is -0.443 e. The highest BCUT2D eigenvalue weighted by Crippen LogP contribution is 2.67. The van der Waals surface area contributed by atoms with Gasteiger partial charge in [-0.15, -0.1) is 0 Å². The zero-order chi connectivity index (χ0) is 20.1. The van der Waals surface area contributed by atoms with Gasteiger partial charge in [0.15, 0.2) is 6.10 Å². The third-order valence-electron chi connectivity index (χ3n) is 10.3. The molecule has 4 rings (SSSR count). The molecule has 0 aromatic heterocycles. The van der Waals surface area contributed by atoms with E-state index >= 15 is 0 Å². The zero-order valence-electron chi connectivity index (χ0n) is 19.4. The highest BCUT2D eigenvalue weighted by molar-refractivity contribution is 5.25. The highest BCUT2D eigenvalue weighted by Gasteiger charge is 2.59. The smallest absolute Gasteiger partial charge is 0.157 e. The van der Waals surface area contributed by atoms with Crippen molar-refractivity contribution in [3.05, 3.63) is 11.6 Å². The molecule has 4 aliphatic rings. The molecule has 0 aromatic rings. The van der Waals surface area contributed by atoms with E-state index in [2.05, 4.69) is 40.7 Å². The highest BCUT2D eigenvalue weighted by atomic mass is 16.3. The molecule has 2 N–H and O–H groups in total. The van der Waals surface area contributed by atoms with E-state index in [9.17, 15) is 0 Å². The Balaban J connectivity index is 1.49. The fraction of sp³-hybridized carbons (Fsp3) is 0.926. The van der Waals surface area contributed by atoms with Gasteiger partial charge in [0.25, 0.3) is 0 Å². The second-order valence-corrected chi connectivity index (χ2v) is 12.2. The standard InChI is InChI=1S/C27H46O/c1-18(2)7-6-8-19(3)23-11-12-24-22-10-9-20-17-21(28)13-15-26(20,4)25(22)14-16-27(23,24)5/h9,18-19,21-25,28H,6-8,10-17H2,1-5H3/p+1. The van der Waals surface area contributed by atoms with Crippen molar-refractivity contribution in [2.75, 3.05) is 0 Å². The molecule has 1 heteroatoms. The Morgan fingerprint density at radius 2 is 1.79 bits per heavy atom. The second-order valence-electron chi connectivity index (χ2n) is 12.2. The summed E-state index contributed by atoms with van der Waals surface area (Å²) >= 11 is 0. The van der Waals surface area contributed by atoms with Gasteiger partial charge in [0.1, 0.15) is 0 Å². The summed E-state index contributed by atoms with van der Waals surface area (Å²) in [6.45, 7) is 12.6. The van der Waals surface area contributed by atoms with Crippen LogP contribution in [0.15, 0.2) is 11.6 Å². The van der Waals surface area contributed by atoms with Crippen LogP contribution in [0.3, 0.4) is 0 Å². The van der Waals surface area contributed by atoms with Crippen LogP contribution >= 0.6 is 0 Å². The topological polar surface area (TPSA) is 22.9 Å². The molecule has 0 amide bonds. The Kier molecular flexibility index (Phi) is 5.80. The van der Waals surface area contributed by atoms with Crippen molar-refractivity contribution in [2.45, 2.75) is 111 Å². The van der Waals surface area contributed by atoms with Crippen molar-refractivity contribution < 1.29 is 5.11 Å². The van der Waals surface area contributed by atoms with Crippen LogP contribution in [0.2, 0.25) is 0 Å². The first-order chi connectivity index (χ1) is 13.3. The fourth-order valence-corrected chi connectivity index (χ4v) is 8.69. The second kappa shape index (κ2) is 7.75. The van der Waals surface area contributed by atoms with Crippen molar-refractivity contribution in [3.63, 3.8) is 0 Å². The van der Waals surface area contributed by atoms with Crippen molar-refractivity contribution >= 4 is 0 Å². The van der Waals surface area contributed by atoms with Crippen molar-refractivity contribution in [2.24, 2.45) is 46.3 Å². The van der Waals surface area contributed by atoms with Gasteiger partial charge in [-0.25, -0.2) is 0 Å². The summed E-state index contributed by atoms with van der Waals surface area (Å²) in [5.74, 6) is 5.54. The molecule has 3 saturated carbocycles. The van der Waals surface area contributed by atoms with E-state index in [1.54, 1.807) is 5.57 Å². The van der Waals surface area contributed by atoms with E-state index in [4.69, 9.17) is 5.11 Å². The monoisotopic (exact) mass is 387 g/mol. The van der Waals surface area contributed by atoms with Gasteiger partial charge in [-0.2, -0.15) is 0 Å². The quantitative estimate of drug-likeness (QED) is 0.354. The number of hydrogen-bond acceptors (Lipinski definition) is 0. The van der Waals surface area contributed by atoms with Crippen molar-refractivity contribution in [1.82, 2.24) is 0 Å². The summed E-state index contributed by atoms with van der Waals surface area (Å²) in [5, 5.41) is 8.28. The van der Waals surface area contributed by atoms with Crippen molar-refractivity contribution in [3.8, 4) is 0 Å². The summed E-state index contributed by atoms with van der Waals surface area (Å²) in [5.41, 5.74) is 2.72. The van der Waals surface area contributed by atoms with Crippen LogP contribution in [0.5, 0.6) is 0 Å². The Morgan fingerprint density at radius 1 is 1.00 bits per heavy atom. The normalized spacial score (nSPS) is 46.5. The maximum atomic E-state index is 8.28. The van der Waals surface area contributed by atoms with Gasteiger partial charge in [-0.1, -0.05) is 65.5 Å². The number of allylic oxidation sites excluding steroid dienone is 1. The average Bonchev–Trinajstić information content (AvgIpc) is 2.99. The lowest BCUT2D eigenvalue weighted by atomic mass is 9.47. The van der Waals surface area contributed by atoms with E-state index in [0.29, 0.717) is 10.8 Å². The minimum absolute atomic E-state index is 0.173. The van der Waals surface area contributed by atoms with Gasteiger partial charge in [0.05, 0.1) is 0 Å². The number of fused-ring (bicyclic) bond motifs is 5. The summed E-state index contributed by atoms with van der Waals surface area (Å²) < 4.78 is 0. The van der Waals surface area contributed by atoms with E-state index in [1.165, 1.54) is 57.8 Å². The molecule has 0 bridgehead atoms. The van der Waals surface area contributed by atoms with E-state index in [-0.39, 0.29) is 6.10 Å². The predicted molar refractivity (Wildman–Crippen MR) is 120 cm³/mol. The molecule has 0 spiro atoms. The SMILES string of the molecule is CC(C)CCCC(C)C1CCC2C3CC=C4CC([OH2+])CCC4(C)C3CCC12C. The van der Waals surface area contributed by atoms with Crippen LogP contribution in [0, 0.1) is 46.3 Å². The van der Waals surface area contributed by atoms with Crippen LogP contribution in [0.4, 0.5) is 0 Å². The molecule has 3 fully saturated rings. The van der Waals surface area contributed by atoms with Crippen LogP contribution in [0.1, 0.15) is 105 Å². The molecule has 160 valence electrons. The number of hydrogen-bond donors (Lipinski definition) is 0. The van der Waals surface area contributed by atoms with Crippen LogP contribution in [-0.4, -0.2) is 11.2 Å². The molecule has 0 radical (unpaired) electrons. The molecule has 0 aromatic carbocycles. The van der Waals surface area contributed by atoms with Gasteiger partial charge in [-0.3, -0.25) is 0 Å². The first kappa shape index (κ1) is 21.0. The van der Waals surface area contributed by atoms with Crippen LogP contribution in [0.25, 0.3) is 0 Å². The Labute approximate surface area is 174 Å². The Hall–Kier alpha value is -0.300. The van der Waals surface area contributed by atoms with E-state index in [1.807, 2.05) is 0 Å². The first-order valence-electron chi connectivity index (χ1n) is 12.7. The first-order valence-corrected chi connectivity index (χ1v) is 12.7. The summed E-state index contributed by atoms with van der Waals surface area (Å²) in [6.07, 6.45) is 17.8. The maximum absolute atomic E-state index is 8.28. The van der Waals surface area contributed by atoms with Crippen LogP contribution in [-0.2, 0) is 0 Å². The summed E-state index contributed by atoms with van der Waals surface area (Å²) in [6, 6.07) is 0. The summed E-state index contributed by atoms with van der Waals surface area (Å²) in [7, 11) is 0. The van der Waals surface area contributed by atoms with E-state index < -0.39 is 0 Å². The lowest BCUT2D eigenvalue weighted by Gasteiger charge is -2.58. The molecular weight excluding hydrogens is 340 g/mol. The molecule has 0 aliphatic heterocycles. The largest absolute Gasteiger partial charge is 0.443 e. The fourth-order valence-electron chi connectivity index (χ4n) is 8.69. The molecule has 0 heterocycles. The maximum Gasteiger partial charge on any atom is 0.157 e. The molecule has 0 saturated heterocycles. The van der Waals surface area contributed by atoms with Crippen LogP contribution < -0.4 is 0 Å². The predicted octanol–water partition coefficient (Wildman–Crippen LogP) is 7.12. The third kappa shape index (κ3) is 3.42.